The van der Waals surface area contributed by atoms with E-state index >= 15 is 0 Å². The third kappa shape index (κ3) is 4.41. The van der Waals surface area contributed by atoms with Crippen LogP contribution in [0.1, 0.15) is 20.8 Å². The third-order valence-corrected chi connectivity index (χ3v) is 3.94. The summed E-state index contributed by atoms with van der Waals surface area (Å²) in [5.74, 6) is 0. The van der Waals surface area contributed by atoms with E-state index in [4.69, 9.17) is 27.9 Å². The number of hydrogen-bond donors (Lipinski definition) is 1. The summed E-state index contributed by atoms with van der Waals surface area (Å²) >= 11 is 15.7. The molecule has 0 radical (unpaired) electrons. The summed E-state index contributed by atoms with van der Waals surface area (Å²) in [7, 11) is 0. The zero-order valence-electron chi connectivity index (χ0n) is 12.0. The highest BCUT2D eigenvalue weighted by Crippen LogP contribution is 2.35. The first-order chi connectivity index (χ1) is 9.65. The van der Waals surface area contributed by atoms with Crippen molar-refractivity contribution in [1.82, 2.24) is 4.90 Å². The van der Waals surface area contributed by atoms with Crippen LogP contribution >= 0.6 is 39.1 Å². The maximum absolute atomic E-state index is 11.8. The molecule has 4 nitrogen and oxygen atoms in total. The van der Waals surface area contributed by atoms with Crippen LogP contribution in [0.3, 0.4) is 0 Å². The van der Waals surface area contributed by atoms with Gasteiger partial charge >= 0.3 is 6.09 Å². The van der Waals surface area contributed by atoms with Crippen molar-refractivity contribution in [2.45, 2.75) is 32.4 Å². The number of benzene rings is 1. The number of nitrogens with one attached hydrogen (secondary N) is 1. The molecule has 1 aliphatic heterocycles. The molecule has 1 aromatic carbocycles. The normalized spacial score (nSPS) is 15.6. The number of carbonyl (C=O) groups excluding carboxylic acids is 1. The van der Waals surface area contributed by atoms with Crippen LogP contribution in [0.4, 0.5) is 10.5 Å². The number of amides is 1. The van der Waals surface area contributed by atoms with Crippen LogP contribution in [0.15, 0.2) is 16.6 Å². The maximum atomic E-state index is 11.8. The Bertz CT molecular complexity index is 531. The predicted octanol–water partition coefficient (Wildman–Crippen LogP) is 4.79. The fraction of sp³-hybridized carbons (Fsp3) is 0.500. The SMILES string of the molecule is CC(C)(C)OC(=O)N1CC(Nc2c(Cl)cc(Br)cc2Cl)C1. The molecule has 1 saturated heterocycles. The lowest BCUT2D eigenvalue weighted by Crippen LogP contribution is -2.58. The Kier molecular flexibility index (Phi) is 4.96. The summed E-state index contributed by atoms with van der Waals surface area (Å²) in [5, 5.41) is 4.35. The molecule has 1 N–H and O–H groups in total. The summed E-state index contributed by atoms with van der Waals surface area (Å²) in [6, 6.07) is 3.67. The summed E-state index contributed by atoms with van der Waals surface area (Å²) in [6.07, 6.45) is -0.298. The highest BCUT2D eigenvalue weighted by atomic mass is 79.9. The number of rotatable bonds is 2. The van der Waals surface area contributed by atoms with E-state index < -0.39 is 5.60 Å². The van der Waals surface area contributed by atoms with Gasteiger partial charge in [0.05, 0.1) is 21.8 Å². The van der Waals surface area contributed by atoms with E-state index in [2.05, 4.69) is 21.2 Å². The molecule has 1 aromatic rings. The molecule has 0 aliphatic carbocycles. The molecule has 1 amide bonds. The first-order valence-electron chi connectivity index (χ1n) is 6.55. The first-order valence-corrected chi connectivity index (χ1v) is 8.09. The summed E-state index contributed by atoms with van der Waals surface area (Å²) in [4.78, 5) is 13.5. The van der Waals surface area contributed by atoms with Crippen LogP contribution in [-0.2, 0) is 4.74 Å². The van der Waals surface area contributed by atoms with Gasteiger partial charge in [-0.15, -0.1) is 0 Å². The van der Waals surface area contributed by atoms with Gasteiger partial charge in [-0.3, -0.25) is 0 Å². The molecule has 0 spiro atoms. The van der Waals surface area contributed by atoms with Crippen molar-refractivity contribution < 1.29 is 9.53 Å². The highest BCUT2D eigenvalue weighted by Gasteiger charge is 2.34. The van der Waals surface area contributed by atoms with Crippen LogP contribution < -0.4 is 5.32 Å². The average Bonchev–Trinajstić information content (AvgIpc) is 2.21. The topological polar surface area (TPSA) is 41.6 Å². The van der Waals surface area contributed by atoms with Crippen molar-refractivity contribution >= 4 is 50.9 Å². The van der Waals surface area contributed by atoms with Crippen LogP contribution in [0.25, 0.3) is 0 Å². The molecular weight excluding hydrogens is 379 g/mol. The molecule has 1 aliphatic rings. The lowest BCUT2D eigenvalue weighted by atomic mass is 10.1. The van der Waals surface area contributed by atoms with Crippen LogP contribution in [-0.4, -0.2) is 35.7 Å². The van der Waals surface area contributed by atoms with E-state index in [9.17, 15) is 4.79 Å². The minimum atomic E-state index is -0.478. The molecule has 0 atom stereocenters. The Hall–Kier alpha value is -0.650. The molecule has 0 unspecified atom stereocenters. The van der Waals surface area contributed by atoms with Gasteiger partial charge in [0.1, 0.15) is 5.60 Å². The van der Waals surface area contributed by atoms with Gasteiger partial charge in [-0.25, -0.2) is 4.79 Å². The Labute approximate surface area is 142 Å². The van der Waals surface area contributed by atoms with Crippen molar-refractivity contribution in [2.75, 3.05) is 18.4 Å². The van der Waals surface area contributed by atoms with Gasteiger partial charge in [0.2, 0.25) is 0 Å². The average molecular weight is 396 g/mol. The molecule has 2 rings (SSSR count). The van der Waals surface area contributed by atoms with Crippen molar-refractivity contribution in [3.05, 3.63) is 26.7 Å². The van der Waals surface area contributed by atoms with Crippen LogP contribution in [0.5, 0.6) is 0 Å². The van der Waals surface area contributed by atoms with E-state index in [0.29, 0.717) is 28.8 Å². The van der Waals surface area contributed by atoms with Gasteiger partial charge in [-0.2, -0.15) is 0 Å². The predicted molar refractivity (Wildman–Crippen MR) is 89.4 cm³/mol. The molecule has 1 heterocycles. The molecule has 0 aromatic heterocycles. The molecule has 7 heteroatoms. The van der Waals surface area contributed by atoms with Gasteiger partial charge in [0.15, 0.2) is 0 Å². The maximum Gasteiger partial charge on any atom is 0.410 e. The van der Waals surface area contributed by atoms with Gasteiger partial charge in [0.25, 0.3) is 0 Å². The quantitative estimate of drug-likeness (QED) is 0.782. The largest absolute Gasteiger partial charge is 0.444 e. The van der Waals surface area contributed by atoms with Crippen molar-refractivity contribution in [3.8, 4) is 0 Å². The van der Waals surface area contributed by atoms with Crippen molar-refractivity contribution in [2.24, 2.45) is 0 Å². The monoisotopic (exact) mass is 394 g/mol. The lowest BCUT2D eigenvalue weighted by Gasteiger charge is -2.40. The van der Waals surface area contributed by atoms with Gasteiger partial charge in [-0.1, -0.05) is 39.1 Å². The zero-order chi connectivity index (χ0) is 15.8. The fourth-order valence-corrected chi connectivity index (χ4v) is 3.25. The Morgan fingerprint density at radius 2 is 1.86 bits per heavy atom. The molecule has 1 fully saturated rings. The van der Waals surface area contributed by atoms with Crippen LogP contribution in [0, 0.1) is 0 Å². The van der Waals surface area contributed by atoms with Gasteiger partial charge in [0, 0.05) is 17.6 Å². The molecule has 0 saturated carbocycles. The highest BCUT2D eigenvalue weighted by molar-refractivity contribution is 9.10. The number of ether oxygens (including phenoxy) is 1. The molecular formula is C14H17BrCl2N2O2. The smallest absolute Gasteiger partial charge is 0.410 e. The second kappa shape index (κ2) is 6.23. The number of hydrogen-bond acceptors (Lipinski definition) is 3. The molecule has 116 valence electrons. The van der Waals surface area contributed by atoms with E-state index in [-0.39, 0.29) is 12.1 Å². The fourth-order valence-electron chi connectivity index (χ4n) is 1.93. The minimum Gasteiger partial charge on any atom is -0.444 e. The first kappa shape index (κ1) is 16.7. The van der Waals surface area contributed by atoms with Crippen molar-refractivity contribution in [3.63, 3.8) is 0 Å². The van der Waals surface area contributed by atoms with Crippen molar-refractivity contribution in [1.29, 1.82) is 0 Å². The second-order valence-electron chi connectivity index (χ2n) is 5.97. The van der Waals surface area contributed by atoms with Crippen LogP contribution in [0.2, 0.25) is 10.0 Å². The summed E-state index contributed by atoms with van der Waals surface area (Å²) in [5.41, 5.74) is 0.212. The number of halogens is 3. The molecule has 0 bridgehead atoms. The number of carbonyl (C=O) groups is 1. The second-order valence-corrected chi connectivity index (χ2v) is 7.70. The standard InChI is InChI=1S/C14H17BrCl2N2O2/c1-14(2,3)21-13(20)19-6-9(7-19)18-12-10(16)4-8(15)5-11(12)17/h4-5,9,18H,6-7H2,1-3H3. The number of anilines is 1. The Balaban J connectivity index is 1.90. The number of nitrogens with zero attached hydrogens (tertiary/aromatic N) is 1. The Morgan fingerprint density at radius 3 is 2.33 bits per heavy atom. The van der Waals surface area contributed by atoms with E-state index in [1.165, 1.54) is 0 Å². The van der Waals surface area contributed by atoms with Gasteiger partial charge < -0.3 is 15.0 Å². The lowest BCUT2D eigenvalue weighted by molar-refractivity contribution is 0.0105. The Morgan fingerprint density at radius 1 is 1.33 bits per heavy atom. The summed E-state index contributed by atoms with van der Waals surface area (Å²) < 4.78 is 6.13. The summed E-state index contributed by atoms with van der Waals surface area (Å²) in [6.45, 7) is 6.68. The minimum absolute atomic E-state index is 0.119. The van der Waals surface area contributed by atoms with E-state index in [1.807, 2.05) is 20.8 Å². The third-order valence-electron chi connectivity index (χ3n) is 2.89. The molecule has 21 heavy (non-hydrogen) atoms. The number of likely N-dealkylation sites (tertiary alicyclic amines) is 1. The van der Waals surface area contributed by atoms with E-state index in [0.717, 1.165) is 4.47 Å². The van der Waals surface area contributed by atoms with E-state index in [1.54, 1.807) is 17.0 Å². The zero-order valence-corrected chi connectivity index (χ0v) is 15.1. The van der Waals surface area contributed by atoms with Gasteiger partial charge in [-0.05, 0) is 32.9 Å².